The lowest BCUT2D eigenvalue weighted by molar-refractivity contribution is -0.136. The average Bonchev–Trinajstić information content (AvgIpc) is 3.14. The lowest BCUT2D eigenvalue weighted by Crippen LogP contribution is -2.07. The SMILES string of the molecule is CCOc1cc(/C=C2\C(=O)ON=C2c2ccccc2)cc(I)c1OCc1cccc(F)c1. The van der Waals surface area contributed by atoms with Gasteiger partial charge in [0.15, 0.2) is 11.5 Å². The molecule has 162 valence electrons. The van der Waals surface area contributed by atoms with Gasteiger partial charge in [0.2, 0.25) is 0 Å². The van der Waals surface area contributed by atoms with Crippen LogP contribution in [-0.4, -0.2) is 18.3 Å². The fraction of sp³-hybridized carbons (Fsp3) is 0.120. The average molecular weight is 543 g/mol. The number of nitrogens with zero attached hydrogens (tertiary/aromatic N) is 1. The van der Waals surface area contributed by atoms with Crippen molar-refractivity contribution >= 4 is 40.3 Å². The zero-order valence-electron chi connectivity index (χ0n) is 17.2. The minimum atomic E-state index is -0.511. The first-order valence-corrected chi connectivity index (χ1v) is 11.0. The van der Waals surface area contributed by atoms with E-state index in [4.69, 9.17) is 14.3 Å². The molecule has 7 heteroatoms. The fourth-order valence-corrected chi connectivity index (χ4v) is 4.02. The van der Waals surface area contributed by atoms with E-state index in [1.165, 1.54) is 12.1 Å². The Morgan fingerprint density at radius 1 is 1.06 bits per heavy atom. The highest BCUT2D eigenvalue weighted by molar-refractivity contribution is 14.1. The topological polar surface area (TPSA) is 57.1 Å². The van der Waals surface area contributed by atoms with Gasteiger partial charge in [0.1, 0.15) is 18.1 Å². The van der Waals surface area contributed by atoms with Crippen LogP contribution in [0.3, 0.4) is 0 Å². The van der Waals surface area contributed by atoms with Crippen LogP contribution in [0.4, 0.5) is 4.39 Å². The fourth-order valence-electron chi connectivity index (χ4n) is 3.24. The highest BCUT2D eigenvalue weighted by Gasteiger charge is 2.27. The van der Waals surface area contributed by atoms with Gasteiger partial charge in [-0.2, -0.15) is 0 Å². The molecule has 0 unspecified atom stereocenters. The molecule has 0 amide bonds. The largest absolute Gasteiger partial charge is 0.490 e. The lowest BCUT2D eigenvalue weighted by atomic mass is 10.0. The summed E-state index contributed by atoms with van der Waals surface area (Å²) in [5.74, 6) is 0.271. The highest BCUT2D eigenvalue weighted by Crippen LogP contribution is 2.36. The molecule has 1 heterocycles. The first-order chi connectivity index (χ1) is 15.5. The standard InChI is InChI=1S/C25H19FINO4/c1-2-30-22-14-17(12-20-23(28-32-25(20)29)18-8-4-3-5-9-18)13-21(27)24(22)31-15-16-7-6-10-19(26)11-16/h3-14H,2,15H2,1H3/b20-12-. The maximum atomic E-state index is 13.5. The molecule has 5 nitrogen and oxygen atoms in total. The summed E-state index contributed by atoms with van der Waals surface area (Å²) in [5, 5.41) is 3.94. The van der Waals surface area contributed by atoms with Crippen molar-refractivity contribution in [2.45, 2.75) is 13.5 Å². The summed E-state index contributed by atoms with van der Waals surface area (Å²) in [6, 6.07) is 19.3. The third-order valence-electron chi connectivity index (χ3n) is 4.66. The molecular weight excluding hydrogens is 524 g/mol. The number of hydrogen-bond acceptors (Lipinski definition) is 5. The summed E-state index contributed by atoms with van der Waals surface area (Å²) in [6.07, 6.45) is 1.72. The number of carbonyl (C=O) groups is 1. The Hall–Kier alpha value is -3.20. The second kappa shape index (κ2) is 9.95. The van der Waals surface area contributed by atoms with Gasteiger partial charge in [-0.1, -0.05) is 47.6 Å². The minimum Gasteiger partial charge on any atom is -0.490 e. The normalized spacial score (nSPS) is 14.3. The Morgan fingerprint density at radius 2 is 1.88 bits per heavy atom. The summed E-state index contributed by atoms with van der Waals surface area (Å²) in [7, 11) is 0. The number of rotatable bonds is 7. The Balaban J connectivity index is 1.65. The molecule has 0 spiro atoms. The predicted molar refractivity (Wildman–Crippen MR) is 128 cm³/mol. The molecule has 0 radical (unpaired) electrons. The molecule has 1 aliphatic heterocycles. The van der Waals surface area contributed by atoms with E-state index in [-0.39, 0.29) is 12.4 Å². The molecule has 0 aromatic heterocycles. The third kappa shape index (κ3) is 4.99. The zero-order chi connectivity index (χ0) is 22.5. The maximum Gasteiger partial charge on any atom is 0.368 e. The summed E-state index contributed by atoms with van der Waals surface area (Å²) in [5.41, 5.74) is 3.09. The van der Waals surface area contributed by atoms with Crippen LogP contribution in [0.5, 0.6) is 11.5 Å². The van der Waals surface area contributed by atoms with Crippen molar-refractivity contribution in [2.75, 3.05) is 6.61 Å². The van der Waals surface area contributed by atoms with Gasteiger partial charge in [0, 0.05) is 5.56 Å². The van der Waals surface area contributed by atoms with Crippen LogP contribution in [0.15, 0.2) is 77.5 Å². The summed E-state index contributed by atoms with van der Waals surface area (Å²) in [4.78, 5) is 17.2. The van der Waals surface area contributed by atoms with Crippen LogP contribution in [0.25, 0.3) is 6.08 Å². The molecule has 0 fully saturated rings. The van der Waals surface area contributed by atoms with Crippen molar-refractivity contribution in [2.24, 2.45) is 5.16 Å². The van der Waals surface area contributed by atoms with Gasteiger partial charge in [-0.3, -0.25) is 0 Å². The second-order valence-electron chi connectivity index (χ2n) is 6.92. The van der Waals surface area contributed by atoms with Crippen molar-refractivity contribution in [1.29, 1.82) is 0 Å². The molecule has 4 rings (SSSR count). The molecule has 0 atom stereocenters. The molecular formula is C25H19FINO4. The van der Waals surface area contributed by atoms with Gasteiger partial charge < -0.3 is 14.3 Å². The number of hydrogen-bond donors (Lipinski definition) is 0. The maximum absolute atomic E-state index is 13.5. The number of oxime groups is 1. The van der Waals surface area contributed by atoms with Gasteiger partial charge in [-0.15, -0.1) is 0 Å². The minimum absolute atomic E-state index is 0.200. The van der Waals surface area contributed by atoms with Gasteiger partial charge >= 0.3 is 5.97 Å². The van der Waals surface area contributed by atoms with E-state index < -0.39 is 5.97 Å². The van der Waals surface area contributed by atoms with Crippen LogP contribution in [-0.2, 0) is 16.2 Å². The van der Waals surface area contributed by atoms with Gasteiger partial charge in [-0.05, 0) is 71.0 Å². The van der Waals surface area contributed by atoms with Gasteiger partial charge in [-0.25, -0.2) is 9.18 Å². The smallest absolute Gasteiger partial charge is 0.368 e. The molecule has 3 aromatic rings. The Morgan fingerprint density at radius 3 is 2.62 bits per heavy atom. The number of carbonyl (C=O) groups excluding carboxylic acids is 1. The van der Waals surface area contributed by atoms with Gasteiger partial charge in [0.25, 0.3) is 0 Å². The second-order valence-corrected chi connectivity index (χ2v) is 8.09. The monoisotopic (exact) mass is 543 g/mol. The quantitative estimate of drug-likeness (QED) is 0.216. The Labute approximate surface area is 198 Å². The van der Waals surface area contributed by atoms with Crippen LogP contribution in [0.1, 0.15) is 23.6 Å². The van der Waals surface area contributed by atoms with E-state index >= 15 is 0 Å². The van der Waals surface area contributed by atoms with E-state index in [2.05, 4.69) is 27.7 Å². The van der Waals surface area contributed by atoms with Crippen molar-refractivity contribution in [3.05, 3.63) is 98.4 Å². The van der Waals surface area contributed by atoms with Crippen LogP contribution in [0, 0.1) is 9.39 Å². The first kappa shape index (κ1) is 22.0. The summed E-state index contributed by atoms with van der Waals surface area (Å²) < 4.78 is 26.0. The van der Waals surface area contributed by atoms with Crippen LogP contribution >= 0.6 is 22.6 Å². The van der Waals surface area contributed by atoms with E-state index in [1.807, 2.05) is 43.3 Å². The lowest BCUT2D eigenvalue weighted by Gasteiger charge is -2.15. The molecule has 0 aliphatic carbocycles. The molecule has 3 aromatic carbocycles. The summed E-state index contributed by atoms with van der Waals surface area (Å²) >= 11 is 2.15. The van der Waals surface area contributed by atoms with E-state index in [9.17, 15) is 9.18 Å². The summed E-state index contributed by atoms with van der Waals surface area (Å²) in [6.45, 7) is 2.51. The third-order valence-corrected chi connectivity index (χ3v) is 5.46. The molecule has 1 aliphatic rings. The highest BCUT2D eigenvalue weighted by atomic mass is 127. The number of benzene rings is 3. The molecule has 0 bridgehead atoms. The van der Waals surface area contributed by atoms with Crippen molar-refractivity contribution < 1.29 is 23.5 Å². The van der Waals surface area contributed by atoms with Crippen LogP contribution < -0.4 is 9.47 Å². The molecule has 32 heavy (non-hydrogen) atoms. The first-order valence-electron chi connectivity index (χ1n) is 9.95. The zero-order valence-corrected chi connectivity index (χ0v) is 19.3. The van der Waals surface area contributed by atoms with Crippen LogP contribution in [0.2, 0.25) is 0 Å². The van der Waals surface area contributed by atoms with Crippen molar-refractivity contribution in [3.63, 3.8) is 0 Å². The predicted octanol–water partition coefficient (Wildman–Crippen LogP) is 5.75. The van der Waals surface area contributed by atoms with E-state index in [1.54, 1.807) is 24.3 Å². The molecule has 0 saturated carbocycles. The Bertz CT molecular complexity index is 1210. The van der Waals surface area contributed by atoms with Crippen molar-refractivity contribution in [1.82, 2.24) is 0 Å². The molecule has 0 N–H and O–H groups in total. The number of halogens is 2. The Kier molecular flexibility index (Phi) is 6.84. The van der Waals surface area contributed by atoms with Crippen molar-refractivity contribution in [3.8, 4) is 11.5 Å². The van der Waals surface area contributed by atoms with E-state index in [0.717, 1.165) is 14.7 Å². The number of ether oxygens (including phenoxy) is 2. The van der Waals surface area contributed by atoms with Gasteiger partial charge in [0.05, 0.1) is 15.8 Å². The molecule has 0 saturated heterocycles. The van der Waals surface area contributed by atoms with E-state index in [0.29, 0.717) is 35.0 Å².